The maximum Gasteiger partial charge on any atom is 0.249 e. The molecule has 1 unspecified atom stereocenters. The molecule has 1 aliphatic carbocycles. The van der Waals surface area contributed by atoms with E-state index in [1.54, 1.807) is 7.11 Å². The number of ether oxygens (including phenoxy) is 2. The third kappa shape index (κ3) is 3.69. The summed E-state index contributed by atoms with van der Waals surface area (Å²) in [5.74, 6) is 0.936. The Balaban J connectivity index is 1.66. The van der Waals surface area contributed by atoms with E-state index in [1.165, 1.54) is 18.4 Å². The van der Waals surface area contributed by atoms with Gasteiger partial charge in [-0.15, -0.1) is 0 Å². The summed E-state index contributed by atoms with van der Waals surface area (Å²) in [6.45, 7) is 1.42. The number of carbonyl (C=O) groups is 1. The van der Waals surface area contributed by atoms with Crippen LogP contribution in [-0.2, 0) is 14.9 Å². The Morgan fingerprint density at radius 2 is 1.96 bits per heavy atom. The summed E-state index contributed by atoms with van der Waals surface area (Å²) in [6, 6.07) is 8.32. The van der Waals surface area contributed by atoms with Crippen molar-refractivity contribution >= 4 is 5.91 Å². The lowest BCUT2D eigenvalue weighted by molar-refractivity contribution is -0.135. The molecule has 2 fully saturated rings. The Bertz CT molecular complexity index is 514. The number of hydrogen-bond donors (Lipinski definition) is 1. The average Bonchev–Trinajstić information content (AvgIpc) is 3.11. The minimum Gasteiger partial charge on any atom is -0.497 e. The van der Waals surface area contributed by atoms with Gasteiger partial charge in [0.15, 0.2) is 0 Å². The van der Waals surface area contributed by atoms with Crippen molar-refractivity contribution < 1.29 is 14.3 Å². The van der Waals surface area contributed by atoms with E-state index < -0.39 is 0 Å². The van der Waals surface area contributed by atoms with Gasteiger partial charge in [0, 0.05) is 18.6 Å². The molecule has 4 nitrogen and oxygen atoms in total. The lowest BCUT2D eigenvalue weighted by Gasteiger charge is -2.31. The minimum absolute atomic E-state index is 0.0597. The second-order valence-electron chi connectivity index (χ2n) is 6.79. The molecule has 1 aliphatic heterocycles. The van der Waals surface area contributed by atoms with E-state index in [0.717, 1.165) is 37.9 Å². The summed E-state index contributed by atoms with van der Waals surface area (Å²) in [5, 5.41) is 3.17. The number of methoxy groups -OCH3 is 1. The first-order valence-corrected chi connectivity index (χ1v) is 8.77. The Morgan fingerprint density at radius 3 is 2.57 bits per heavy atom. The Labute approximate surface area is 138 Å². The van der Waals surface area contributed by atoms with Gasteiger partial charge in [0.2, 0.25) is 5.91 Å². The molecule has 1 amide bonds. The van der Waals surface area contributed by atoms with E-state index in [0.29, 0.717) is 13.2 Å². The van der Waals surface area contributed by atoms with Crippen molar-refractivity contribution in [3.05, 3.63) is 29.8 Å². The van der Waals surface area contributed by atoms with Crippen LogP contribution in [0.1, 0.15) is 50.5 Å². The summed E-state index contributed by atoms with van der Waals surface area (Å²) in [7, 11) is 1.69. The fraction of sp³-hybridized carbons (Fsp3) is 0.632. The van der Waals surface area contributed by atoms with Gasteiger partial charge in [0.05, 0.1) is 7.11 Å². The van der Waals surface area contributed by atoms with E-state index in [2.05, 4.69) is 17.4 Å². The molecule has 3 rings (SSSR count). The first kappa shape index (κ1) is 16.3. The van der Waals surface area contributed by atoms with Gasteiger partial charge >= 0.3 is 0 Å². The highest BCUT2D eigenvalue weighted by molar-refractivity contribution is 5.81. The second kappa shape index (κ2) is 7.35. The molecule has 1 saturated heterocycles. The third-order valence-electron chi connectivity index (χ3n) is 5.34. The van der Waals surface area contributed by atoms with Crippen molar-refractivity contribution in [3.8, 4) is 5.75 Å². The topological polar surface area (TPSA) is 47.6 Å². The molecule has 1 N–H and O–H groups in total. The molecular formula is C19H27NO3. The van der Waals surface area contributed by atoms with Crippen LogP contribution in [0.15, 0.2) is 24.3 Å². The van der Waals surface area contributed by atoms with Crippen LogP contribution >= 0.6 is 0 Å². The lowest BCUT2D eigenvalue weighted by Crippen LogP contribution is -2.44. The zero-order valence-electron chi connectivity index (χ0n) is 14.0. The van der Waals surface area contributed by atoms with E-state index in [1.807, 2.05) is 12.1 Å². The van der Waals surface area contributed by atoms with Gasteiger partial charge in [-0.1, -0.05) is 25.0 Å². The highest BCUT2D eigenvalue weighted by atomic mass is 16.5. The van der Waals surface area contributed by atoms with Gasteiger partial charge in [-0.25, -0.2) is 0 Å². The molecule has 1 saturated carbocycles. The van der Waals surface area contributed by atoms with Crippen molar-refractivity contribution in [2.45, 2.75) is 56.5 Å². The zero-order chi connectivity index (χ0) is 16.1. The van der Waals surface area contributed by atoms with Gasteiger partial charge in [-0.2, -0.15) is 0 Å². The molecule has 1 atom stereocenters. The molecule has 0 spiro atoms. The predicted molar refractivity (Wildman–Crippen MR) is 89.7 cm³/mol. The van der Waals surface area contributed by atoms with Crippen molar-refractivity contribution in [1.82, 2.24) is 5.32 Å². The van der Waals surface area contributed by atoms with Crippen molar-refractivity contribution in [2.24, 2.45) is 0 Å². The van der Waals surface area contributed by atoms with Crippen LogP contribution < -0.4 is 10.1 Å². The molecule has 0 bridgehead atoms. The fourth-order valence-corrected chi connectivity index (χ4v) is 3.88. The summed E-state index contributed by atoms with van der Waals surface area (Å²) in [6.07, 6.45) is 7.46. The summed E-state index contributed by atoms with van der Waals surface area (Å²) in [5.41, 5.74) is 1.37. The maximum absolute atomic E-state index is 12.4. The minimum atomic E-state index is -0.252. The van der Waals surface area contributed by atoms with Crippen LogP contribution in [0.4, 0.5) is 0 Å². The Morgan fingerprint density at radius 1 is 1.22 bits per heavy atom. The SMILES string of the molecule is COc1ccc(C2(CNC(=O)C3CCCCO3)CCCC2)cc1. The first-order chi connectivity index (χ1) is 11.2. The van der Waals surface area contributed by atoms with Crippen LogP contribution in [-0.4, -0.2) is 32.3 Å². The van der Waals surface area contributed by atoms with Crippen LogP contribution in [0.3, 0.4) is 0 Å². The van der Waals surface area contributed by atoms with E-state index in [4.69, 9.17) is 9.47 Å². The maximum atomic E-state index is 12.4. The zero-order valence-corrected chi connectivity index (χ0v) is 14.0. The molecule has 1 heterocycles. The number of nitrogens with one attached hydrogen (secondary N) is 1. The van der Waals surface area contributed by atoms with E-state index in [-0.39, 0.29) is 17.4 Å². The van der Waals surface area contributed by atoms with Crippen molar-refractivity contribution in [1.29, 1.82) is 0 Å². The van der Waals surface area contributed by atoms with E-state index >= 15 is 0 Å². The molecule has 0 aromatic heterocycles. The highest BCUT2D eigenvalue weighted by Crippen LogP contribution is 2.41. The van der Waals surface area contributed by atoms with Gasteiger partial charge in [0.25, 0.3) is 0 Å². The largest absolute Gasteiger partial charge is 0.497 e. The molecule has 4 heteroatoms. The molecule has 0 radical (unpaired) electrons. The van der Waals surface area contributed by atoms with Gasteiger partial charge in [-0.3, -0.25) is 4.79 Å². The molecule has 1 aromatic carbocycles. The van der Waals surface area contributed by atoms with Crippen LogP contribution in [0.25, 0.3) is 0 Å². The normalized spacial score (nSPS) is 23.4. The summed E-state index contributed by atoms with van der Waals surface area (Å²) < 4.78 is 10.9. The highest BCUT2D eigenvalue weighted by Gasteiger charge is 2.36. The third-order valence-corrected chi connectivity index (χ3v) is 5.34. The average molecular weight is 317 g/mol. The predicted octanol–water partition coefficient (Wildman–Crippen LogP) is 3.19. The summed E-state index contributed by atoms with van der Waals surface area (Å²) >= 11 is 0. The lowest BCUT2D eigenvalue weighted by atomic mass is 9.78. The molecular weight excluding hydrogens is 290 g/mol. The smallest absolute Gasteiger partial charge is 0.249 e. The quantitative estimate of drug-likeness (QED) is 0.907. The van der Waals surface area contributed by atoms with Gasteiger partial charge in [0.1, 0.15) is 11.9 Å². The number of amides is 1. The fourth-order valence-electron chi connectivity index (χ4n) is 3.88. The van der Waals surface area contributed by atoms with Crippen molar-refractivity contribution in [3.63, 3.8) is 0 Å². The number of carbonyl (C=O) groups excluding carboxylic acids is 1. The molecule has 23 heavy (non-hydrogen) atoms. The number of rotatable bonds is 5. The van der Waals surface area contributed by atoms with Crippen LogP contribution in [0.2, 0.25) is 0 Å². The monoisotopic (exact) mass is 317 g/mol. The summed E-state index contributed by atoms with van der Waals surface area (Å²) in [4.78, 5) is 12.4. The Kier molecular flexibility index (Phi) is 5.21. The standard InChI is InChI=1S/C19H27NO3/c1-22-16-9-7-15(8-10-16)19(11-3-4-12-19)14-20-18(21)17-6-2-5-13-23-17/h7-10,17H,2-6,11-14H2,1H3,(H,20,21). The Hall–Kier alpha value is -1.55. The molecule has 2 aliphatic rings. The van der Waals surface area contributed by atoms with E-state index in [9.17, 15) is 4.79 Å². The van der Waals surface area contributed by atoms with Gasteiger partial charge < -0.3 is 14.8 Å². The van der Waals surface area contributed by atoms with Gasteiger partial charge in [-0.05, 0) is 49.8 Å². The second-order valence-corrected chi connectivity index (χ2v) is 6.79. The number of hydrogen-bond acceptors (Lipinski definition) is 3. The van der Waals surface area contributed by atoms with Crippen LogP contribution in [0, 0.1) is 0 Å². The number of benzene rings is 1. The van der Waals surface area contributed by atoms with Crippen LogP contribution in [0.5, 0.6) is 5.75 Å². The molecule has 126 valence electrons. The van der Waals surface area contributed by atoms with Crippen molar-refractivity contribution in [2.75, 3.05) is 20.3 Å². The first-order valence-electron chi connectivity index (χ1n) is 8.77. The molecule has 1 aromatic rings.